The van der Waals surface area contributed by atoms with Gasteiger partial charge in [0.05, 0.1) is 6.61 Å². The average Bonchev–Trinajstić information content (AvgIpc) is 3.15. The second kappa shape index (κ2) is 7.17. The zero-order valence-corrected chi connectivity index (χ0v) is 10.6. The topological polar surface area (TPSA) is 102 Å². The molecule has 0 aromatic carbocycles. The van der Waals surface area contributed by atoms with Crippen molar-refractivity contribution in [3.63, 3.8) is 0 Å². The molecule has 1 fully saturated rings. The molecule has 4 N–H and O–H groups in total. The van der Waals surface area contributed by atoms with E-state index in [9.17, 15) is 9.59 Å². The summed E-state index contributed by atoms with van der Waals surface area (Å²) in [5.74, 6) is -1.25. The average molecular weight is 259 g/mol. The van der Waals surface area contributed by atoms with Gasteiger partial charge in [-0.25, -0.2) is 9.59 Å². The summed E-state index contributed by atoms with van der Waals surface area (Å²) in [4.78, 5) is 24.2. The molecule has 2 amide bonds. The first-order chi connectivity index (χ1) is 8.58. The third-order valence-electron chi connectivity index (χ3n) is 2.94. The minimum Gasteiger partial charge on any atom is -0.480 e. The normalized spacial score (nSPS) is 16.4. The zero-order chi connectivity index (χ0) is 13.5. The summed E-state index contributed by atoms with van der Waals surface area (Å²) in [6.45, 7) is 3.62. The molecule has 0 spiro atoms. The van der Waals surface area contributed by atoms with Crippen molar-refractivity contribution >= 4 is 12.0 Å². The molecule has 1 saturated carbocycles. The maximum absolute atomic E-state index is 11.4. The van der Waals surface area contributed by atoms with E-state index < -0.39 is 24.6 Å². The molecule has 0 heterocycles. The number of rotatable bonds is 8. The standard InChI is InChI=1S/C11H21N3O4/c1-2-14(8-3-4-8)6-5-12-11(18)13-9(7-15)10(16)17/h8-9,15H,2-7H2,1H3,(H,16,17)(H2,12,13,18). The summed E-state index contributed by atoms with van der Waals surface area (Å²) in [5, 5.41) is 22.2. The van der Waals surface area contributed by atoms with E-state index >= 15 is 0 Å². The monoisotopic (exact) mass is 259 g/mol. The molecule has 7 nitrogen and oxygen atoms in total. The van der Waals surface area contributed by atoms with Gasteiger partial charge in [0.2, 0.25) is 0 Å². The van der Waals surface area contributed by atoms with Crippen molar-refractivity contribution in [2.24, 2.45) is 0 Å². The van der Waals surface area contributed by atoms with Gasteiger partial charge in [-0.15, -0.1) is 0 Å². The molecule has 0 aliphatic heterocycles. The third-order valence-corrected chi connectivity index (χ3v) is 2.94. The Hall–Kier alpha value is -1.34. The van der Waals surface area contributed by atoms with Crippen molar-refractivity contribution in [1.29, 1.82) is 0 Å². The second-order valence-electron chi connectivity index (χ2n) is 4.33. The van der Waals surface area contributed by atoms with Crippen LogP contribution < -0.4 is 10.6 Å². The Labute approximate surface area is 106 Å². The van der Waals surface area contributed by atoms with Gasteiger partial charge in [-0.05, 0) is 19.4 Å². The number of urea groups is 1. The highest BCUT2D eigenvalue weighted by molar-refractivity contribution is 5.82. The molecule has 0 saturated heterocycles. The van der Waals surface area contributed by atoms with Gasteiger partial charge >= 0.3 is 12.0 Å². The number of amides is 2. The van der Waals surface area contributed by atoms with Crippen LogP contribution in [0.3, 0.4) is 0 Å². The van der Waals surface area contributed by atoms with Gasteiger partial charge in [0.1, 0.15) is 0 Å². The van der Waals surface area contributed by atoms with Gasteiger partial charge in [0, 0.05) is 19.1 Å². The summed E-state index contributed by atoms with van der Waals surface area (Å²) in [7, 11) is 0. The number of aliphatic carboxylic acids is 1. The Morgan fingerprint density at radius 1 is 1.44 bits per heavy atom. The number of aliphatic hydroxyl groups excluding tert-OH is 1. The van der Waals surface area contributed by atoms with E-state index in [2.05, 4.69) is 22.5 Å². The number of hydrogen-bond donors (Lipinski definition) is 4. The maximum Gasteiger partial charge on any atom is 0.328 e. The van der Waals surface area contributed by atoms with Crippen LogP contribution in [0.4, 0.5) is 4.79 Å². The van der Waals surface area contributed by atoms with Crippen LogP contribution in [0, 0.1) is 0 Å². The first-order valence-corrected chi connectivity index (χ1v) is 6.20. The third kappa shape index (κ3) is 4.89. The van der Waals surface area contributed by atoms with Gasteiger partial charge in [0.15, 0.2) is 6.04 Å². The molecule has 1 aliphatic carbocycles. The largest absolute Gasteiger partial charge is 0.480 e. The highest BCUT2D eigenvalue weighted by Crippen LogP contribution is 2.25. The van der Waals surface area contributed by atoms with Gasteiger partial charge < -0.3 is 20.8 Å². The fourth-order valence-corrected chi connectivity index (χ4v) is 1.75. The molecular formula is C11H21N3O4. The molecule has 1 aliphatic rings. The minimum atomic E-state index is -1.25. The number of aliphatic hydroxyl groups is 1. The van der Waals surface area contributed by atoms with Gasteiger partial charge in [-0.3, -0.25) is 4.90 Å². The molecule has 104 valence electrons. The van der Waals surface area contributed by atoms with E-state index in [0.29, 0.717) is 12.6 Å². The van der Waals surface area contributed by atoms with Crippen LogP contribution in [0.25, 0.3) is 0 Å². The summed E-state index contributed by atoms with van der Waals surface area (Å²) in [5.41, 5.74) is 0. The van der Waals surface area contributed by atoms with Crippen LogP contribution in [-0.4, -0.2) is 65.4 Å². The van der Waals surface area contributed by atoms with Crippen molar-refractivity contribution in [1.82, 2.24) is 15.5 Å². The molecule has 18 heavy (non-hydrogen) atoms. The lowest BCUT2D eigenvalue weighted by atomic mass is 10.3. The number of likely N-dealkylation sites (N-methyl/N-ethyl adjacent to an activating group) is 1. The Bertz CT molecular complexity index is 294. The highest BCUT2D eigenvalue weighted by atomic mass is 16.4. The van der Waals surface area contributed by atoms with Crippen LogP contribution in [0.5, 0.6) is 0 Å². The van der Waals surface area contributed by atoms with Crippen molar-refractivity contribution in [3.05, 3.63) is 0 Å². The van der Waals surface area contributed by atoms with E-state index in [4.69, 9.17) is 10.2 Å². The number of carboxylic acid groups (broad SMARTS) is 1. The predicted octanol–water partition coefficient (Wildman–Crippen LogP) is -0.785. The summed E-state index contributed by atoms with van der Waals surface area (Å²) in [6, 6.07) is -1.18. The van der Waals surface area contributed by atoms with E-state index in [1.54, 1.807) is 0 Å². The quantitative estimate of drug-likeness (QED) is 0.458. The smallest absolute Gasteiger partial charge is 0.328 e. The van der Waals surface area contributed by atoms with Crippen LogP contribution in [0.1, 0.15) is 19.8 Å². The van der Waals surface area contributed by atoms with Gasteiger partial charge in [-0.1, -0.05) is 6.92 Å². The molecule has 7 heteroatoms. The Balaban J connectivity index is 2.17. The summed E-state index contributed by atoms with van der Waals surface area (Å²) < 4.78 is 0. The number of carbonyl (C=O) groups is 2. The van der Waals surface area contributed by atoms with Crippen LogP contribution in [-0.2, 0) is 4.79 Å². The zero-order valence-electron chi connectivity index (χ0n) is 10.6. The fourth-order valence-electron chi connectivity index (χ4n) is 1.75. The number of hydrogen-bond acceptors (Lipinski definition) is 4. The summed E-state index contributed by atoms with van der Waals surface area (Å²) in [6.07, 6.45) is 2.43. The number of nitrogens with zero attached hydrogens (tertiary/aromatic N) is 1. The van der Waals surface area contributed by atoms with Crippen LogP contribution in [0.15, 0.2) is 0 Å². The first kappa shape index (κ1) is 14.7. The van der Waals surface area contributed by atoms with E-state index in [0.717, 1.165) is 13.1 Å². The van der Waals surface area contributed by atoms with Crippen molar-refractivity contribution < 1.29 is 19.8 Å². The Kier molecular flexibility index (Phi) is 5.87. The molecule has 1 unspecified atom stereocenters. The van der Waals surface area contributed by atoms with Crippen molar-refractivity contribution in [2.75, 3.05) is 26.2 Å². The van der Waals surface area contributed by atoms with Crippen molar-refractivity contribution in [2.45, 2.75) is 31.8 Å². The van der Waals surface area contributed by atoms with Gasteiger partial charge in [0.25, 0.3) is 0 Å². The molecule has 0 aromatic heterocycles. The second-order valence-corrected chi connectivity index (χ2v) is 4.33. The SMILES string of the molecule is CCN(CCNC(=O)NC(CO)C(=O)O)C1CC1. The van der Waals surface area contributed by atoms with Crippen molar-refractivity contribution in [3.8, 4) is 0 Å². The lowest BCUT2D eigenvalue weighted by Gasteiger charge is -2.20. The Morgan fingerprint density at radius 2 is 2.11 bits per heavy atom. The maximum atomic E-state index is 11.4. The molecular weight excluding hydrogens is 238 g/mol. The van der Waals surface area contributed by atoms with Crippen LogP contribution in [0.2, 0.25) is 0 Å². The predicted molar refractivity (Wildman–Crippen MR) is 65.3 cm³/mol. The minimum absolute atomic E-state index is 0.466. The molecule has 1 rings (SSSR count). The fraction of sp³-hybridized carbons (Fsp3) is 0.818. The summed E-state index contributed by atoms with van der Waals surface area (Å²) >= 11 is 0. The molecule has 0 aromatic rings. The van der Waals surface area contributed by atoms with E-state index in [1.807, 2.05) is 0 Å². The molecule has 0 bridgehead atoms. The van der Waals surface area contributed by atoms with E-state index in [1.165, 1.54) is 12.8 Å². The number of carbonyl (C=O) groups excluding carboxylic acids is 1. The Morgan fingerprint density at radius 3 is 2.56 bits per heavy atom. The lowest BCUT2D eigenvalue weighted by molar-refractivity contribution is -0.140. The highest BCUT2D eigenvalue weighted by Gasteiger charge is 2.27. The first-order valence-electron chi connectivity index (χ1n) is 6.20. The van der Waals surface area contributed by atoms with Crippen LogP contribution >= 0.6 is 0 Å². The van der Waals surface area contributed by atoms with E-state index in [-0.39, 0.29) is 0 Å². The lowest BCUT2D eigenvalue weighted by Crippen LogP contribution is -2.49. The number of nitrogens with one attached hydrogen (secondary N) is 2. The number of carboxylic acids is 1. The molecule has 1 atom stereocenters. The van der Waals surface area contributed by atoms with Gasteiger partial charge in [-0.2, -0.15) is 0 Å². The molecule has 0 radical (unpaired) electrons.